The van der Waals surface area contributed by atoms with Crippen molar-refractivity contribution in [2.24, 2.45) is 5.92 Å². The van der Waals surface area contributed by atoms with Crippen molar-refractivity contribution in [3.05, 3.63) is 0 Å². The molecule has 0 radical (unpaired) electrons. The second kappa shape index (κ2) is 8.17. The predicted molar refractivity (Wildman–Crippen MR) is 109 cm³/mol. The Kier molecular flexibility index (Phi) is 5.74. The minimum Gasteiger partial charge on any atom is -0.339 e. The van der Waals surface area contributed by atoms with Crippen LogP contribution in [-0.4, -0.2) is 101 Å². The highest BCUT2D eigenvalue weighted by Crippen LogP contribution is 2.42. The number of piperazine rings is 1. The molecule has 5 amide bonds. The smallest absolute Gasteiger partial charge is 0.325 e. The van der Waals surface area contributed by atoms with Gasteiger partial charge in [0.15, 0.2) is 0 Å². The Bertz CT molecular complexity index is 731. The fraction of sp³-hybridized carbons (Fsp3) is 0.810. The molecule has 9 nitrogen and oxygen atoms in total. The Morgan fingerprint density at radius 2 is 1.67 bits per heavy atom. The summed E-state index contributed by atoms with van der Waals surface area (Å²) in [5.74, 6) is -0.157. The minimum atomic E-state index is -0.859. The van der Waals surface area contributed by atoms with Crippen molar-refractivity contribution in [2.45, 2.75) is 57.5 Å². The SMILES string of the molecule is CC1CCCCN1C(=O)CN1CCN(C(=O)CN2C(=O)NC(C)(C3CC3)C2=O)CC1. The molecule has 3 heterocycles. The van der Waals surface area contributed by atoms with Gasteiger partial charge >= 0.3 is 6.03 Å². The quantitative estimate of drug-likeness (QED) is 0.645. The molecule has 166 valence electrons. The van der Waals surface area contributed by atoms with Crippen LogP contribution in [0.2, 0.25) is 0 Å². The van der Waals surface area contributed by atoms with Crippen molar-refractivity contribution in [1.29, 1.82) is 0 Å². The van der Waals surface area contributed by atoms with Gasteiger partial charge in [-0.25, -0.2) is 4.79 Å². The number of hydrogen-bond donors (Lipinski definition) is 1. The van der Waals surface area contributed by atoms with E-state index in [1.807, 2.05) is 4.90 Å². The molecule has 1 N–H and O–H groups in total. The maximum atomic E-state index is 12.7. The number of piperidine rings is 1. The first kappa shape index (κ1) is 21.1. The first-order valence-electron chi connectivity index (χ1n) is 11.2. The van der Waals surface area contributed by atoms with Crippen LogP contribution in [0.15, 0.2) is 0 Å². The van der Waals surface area contributed by atoms with Gasteiger partial charge in [0.1, 0.15) is 12.1 Å². The molecule has 30 heavy (non-hydrogen) atoms. The number of nitrogens with one attached hydrogen (secondary N) is 1. The molecule has 9 heteroatoms. The molecule has 0 aromatic carbocycles. The first-order chi connectivity index (χ1) is 14.3. The van der Waals surface area contributed by atoms with Gasteiger partial charge in [0.05, 0.1) is 6.54 Å². The zero-order valence-electron chi connectivity index (χ0n) is 18.1. The number of likely N-dealkylation sites (tertiary alicyclic amines) is 1. The highest BCUT2D eigenvalue weighted by molar-refractivity contribution is 6.09. The van der Waals surface area contributed by atoms with Gasteiger partial charge in [0, 0.05) is 38.8 Å². The predicted octanol–water partition coefficient (Wildman–Crippen LogP) is 0.252. The van der Waals surface area contributed by atoms with Gasteiger partial charge in [-0.3, -0.25) is 24.2 Å². The van der Waals surface area contributed by atoms with Gasteiger partial charge in [-0.2, -0.15) is 0 Å². The summed E-state index contributed by atoms with van der Waals surface area (Å²) in [7, 11) is 0. The average Bonchev–Trinajstić information content (AvgIpc) is 3.55. The van der Waals surface area contributed by atoms with Gasteiger partial charge in [-0.1, -0.05) is 0 Å². The van der Waals surface area contributed by atoms with Crippen LogP contribution in [0.3, 0.4) is 0 Å². The summed E-state index contributed by atoms with van der Waals surface area (Å²) >= 11 is 0. The molecule has 4 aliphatic rings. The topological polar surface area (TPSA) is 93.3 Å². The van der Waals surface area contributed by atoms with E-state index in [1.54, 1.807) is 11.8 Å². The van der Waals surface area contributed by atoms with Crippen molar-refractivity contribution >= 4 is 23.8 Å². The third-order valence-electron chi connectivity index (χ3n) is 7.20. The molecule has 0 bridgehead atoms. The van der Waals surface area contributed by atoms with E-state index in [-0.39, 0.29) is 30.2 Å². The molecule has 1 saturated carbocycles. The van der Waals surface area contributed by atoms with Crippen LogP contribution in [0.1, 0.15) is 46.0 Å². The van der Waals surface area contributed by atoms with E-state index in [1.165, 1.54) is 6.42 Å². The van der Waals surface area contributed by atoms with E-state index < -0.39 is 11.6 Å². The van der Waals surface area contributed by atoms with Crippen molar-refractivity contribution in [1.82, 2.24) is 24.9 Å². The number of carbonyl (C=O) groups is 4. The summed E-state index contributed by atoms with van der Waals surface area (Å²) in [6.45, 7) is 7.14. The van der Waals surface area contributed by atoms with Crippen molar-refractivity contribution in [3.63, 3.8) is 0 Å². The van der Waals surface area contributed by atoms with Crippen LogP contribution < -0.4 is 5.32 Å². The van der Waals surface area contributed by atoms with E-state index in [2.05, 4.69) is 17.1 Å². The lowest BCUT2D eigenvalue weighted by Gasteiger charge is -2.38. The monoisotopic (exact) mass is 419 g/mol. The Balaban J connectivity index is 1.25. The molecule has 2 unspecified atom stereocenters. The first-order valence-corrected chi connectivity index (χ1v) is 11.2. The minimum absolute atomic E-state index is 0.167. The van der Waals surface area contributed by atoms with Gasteiger partial charge < -0.3 is 15.1 Å². The number of hydrogen-bond acceptors (Lipinski definition) is 5. The number of imide groups is 1. The lowest BCUT2D eigenvalue weighted by atomic mass is 9.96. The summed E-state index contributed by atoms with van der Waals surface area (Å²) in [6.07, 6.45) is 5.18. The lowest BCUT2D eigenvalue weighted by molar-refractivity contribution is -0.141. The third kappa shape index (κ3) is 4.04. The lowest BCUT2D eigenvalue weighted by Crippen LogP contribution is -2.54. The zero-order chi connectivity index (χ0) is 21.5. The summed E-state index contributed by atoms with van der Waals surface area (Å²) in [5.41, 5.74) is -0.859. The summed E-state index contributed by atoms with van der Waals surface area (Å²) < 4.78 is 0. The van der Waals surface area contributed by atoms with Crippen LogP contribution in [0.4, 0.5) is 4.79 Å². The maximum Gasteiger partial charge on any atom is 0.325 e. The van der Waals surface area contributed by atoms with Crippen molar-refractivity contribution in [2.75, 3.05) is 45.8 Å². The van der Waals surface area contributed by atoms with E-state index >= 15 is 0 Å². The highest BCUT2D eigenvalue weighted by atomic mass is 16.2. The molecular formula is C21H33N5O4. The van der Waals surface area contributed by atoms with E-state index in [4.69, 9.17) is 0 Å². The molecule has 2 atom stereocenters. The summed E-state index contributed by atoms with van der Waals surface area (Å²) in [6, 6.07) is -0.165. The Labute approximate surface area is 177 Å². The average molecular weight is 420 g/mol. The van der Waals surface area contributed by atoms with Crippen LogP contribution in [0, 0.1) is 5.92 Å². The normalized spacial score (nSPS) is 30.6. The zero-order valence-corrected chi connectivity index (χ0v) is 18.1. The largest absolute Gasteiger partial charge is 0.339 e. The number of amides is 5. The number of carbonyl (C=O) groups excluding carboxylic acids is 4. The second-order valence-electron chi connectivity index (χ2n) is 9.39. The summed E-state index contributed by atoms with van der Waals surface area (Å²) in [5, 5.41) is 2.78. The van der Waals surface area contributed by atoms with Crippen molar-refractivity contribution in [3.8, 4) is 0 Å². The molecule has 1 aliphatic carbocycles. The Hall–Kier alpha value is -2.16. The molecule has 4 rings (SSSR count). The van der Waals surface area contributed by atoms with Gasteiger partial charge in [-0.05, 0) is 51.9 Å². The van der Waals surface area contributed by atoms with Gasteiger partial charge in [0.2, 0.25) is 11.8 Å². The molecule has 0 spiro atoms. The van der Waals surface area contributed by atoms with E-state index in [0.717, 1.165) is 37.1 Å². The standard InChI is InChI=1S/C21H33N5O4/c1-15-5-3-4-8-25(15)18(28)13-23-9-11-24(12-10-23)17(27)14-26-19(29)21(2,16-6-7-16)22-20(26)30/h15-16H,3-14H2,1-2H3,(H,22,30). The van der Waals surface area contributed by atoms with Crippen molar-refractivity contribution < 1.29 is 19.2 Å². The van der Waals surface area contributed by atoms with Crippen LogP contribution in [-0.2, 0) is 14.4 Å². The molecule has 0 aromatic rings. The molecule has 3 aliphatic heterocycles. The van der Waals surface area contributed by atoms with Crippen LogP contribution in [0.25, 0.3) is 0 Å². The fourth-order valence-corrected chi connectivity index (χ4v) is 4.94. The third-order valence-corrected chi connectivity index (χ3v) is 7.20. The Morgan fingerprint density at radius 1 is 0.967 bits per heavy atom. The second-order valence-corrected chi connectivity index (χ2v) is 9.39. The van der Waals surface area contributed by atoms with E-state index in [0.29, 0.717) is 38.8 Å². The maximum absolute atomic E-state index is 12.7. The Morgan fingerprint density at radius 3 is 2.30 bits per heavy atom. The molecule has 0 aromatic heterocycles. The number of urea groups is 1. The van der Waals surface area contributed by atoms with E-state index in [9.17, 15) is 19.2 Å². The van der Waals surface area contributed by atoms with Gasteiger partial charge in [0.25, 0.3) is 5.91 Å². The number of rotatable bonds is 5. The highest BCUT2D eigenvalue weighted by Gasteiger charge is 2.56. The fourth-order valence-electron chi connectivity index (χ4n) is 4.94. The number of nitrogens with zero attached hydrogens (tertiary/aromatic N) is 4. The molecule has 3 saturated heterocycles. The summed E-state index contributed by atoms with van der Waals surface area (Å²) in [4.78, 5) is 57.2. The molecule has 4 fully saturated rings. The molecular weight excluding hydrogens is 386 g/mol. The van der Waals surface area contributed by atoms with Crippen LogP contribution in [0.5, 0.6) is 0 Å². The van der Waals surface area contributed by atoms with Gasteiger partial charge in [-0.15, -0.1) is 0 Å². The van der Waals surface area contributed by atoms with Crippen LogP contribution >= 0.6 is 0 Å².